The number of fused-ring (bicyclic) bond motifs is 4. The predicted octanol–water partition coefficient (Wildman–Crippen LogP) is 13.2. The van der Waals surface area contributed by atoms with E-state index in [0.717, 1.165) is 55.7 Å². The maximum Gasteiger partial charge on any atom is 0.137 e. The van der Waals surface area contributed by atoms with Gasteiger partial charge in [0.25, 0.3) is 0 Å². The third-order valence-electron chi connectivity index (χ3n) is 9.26. The van der Waals surface area contributed by atoms with Gasteiger partial charge in [-0.3, -0.25) is 0 Å². The molecule has 0 bridgehead atoms. The summed E-state index contributed by atoms with van der Waals surface area (Å²) in [5, 5.41) is 4.66. The van der Waals surface area contributed by atoms with E-state index >= 15 is 0 Å². The zero-order chi connectivity index (χ0) is 31.9. The minimum Gasteiger partial charge on any atom is -0.456 e. The molecule has 0 fully saturated rings. The summed E-state index contributed by atoms with van der Waals surface area (Å²) >= 11 is 0. The molecule has 0 saturated carbocycles. The Kier molecular flexibility index (Phi) is 6.84. The number of anilines is 3. The van der Waals surface area contributed by atoms with Gasteiger partial charge in [-0.05, 0) is 81.1 Å². The number of hydrogen-bond donors (Lipinski definition) is 0. The first-order chi connectivity index (χ1) is 23.8. The standard InChI is InChI=1S/C46H31NO/c1-3-12-32(13-4-1)34-24-27-39(28-25-34)47(42-19-11-21-45-46(42)41-18-9-10-20-44(41)48-45)43-31-38(26-29-40(43)35-15-5-2-6-16-35)37-23-22-33-14-7-8-17-36(33)30-37/h1-31H. The maximum atomic E-state index is 6.41. The summed E-state index contributed by atoms with van der Waals surface area (Å²) in [5.41, 5.74) is 12.0. The van der Waals surface area contributed by atoms with Crippen LogP contribution in [0.1, 0.15) is 0 Å². The first-order valence-electron chi connectivity index (χ1n) is 16.3. The van der Waals surface area contributed by atoms with Crippen molar-refractivity contribution in [1.82, 2.24) is 0 Å². The van der Waals surface area contributed by atoms with Crippen LogP contribution in [0.4, 0.5) is 17.1 Å². The maximum absolute atomic E-state index is 6.41. The molecular weight excluding hydrogens is 583 g/mol. The van der Waals surface area contributed by atoms with E-state index in [1.54, 1.807) is 0 Å². The summed E-state index contributed by atoms with van der Waals surface area (Å²) in [7, 11) is 0. The average molecular weight is 614 g/mol. The Hall–Kier alpha value is -6.38. The lowest BCUT2D eigenvalue weighted by Crippen LogP contribution is -2.12. The normalized spacial score (nSPS) is 11.3. The van der Waals surface area contributed by atoms with Crippen molar-refractivity contribution in [2.24, 2.45) is 0 Å². The topological polar surface area (TPSA) is 16.4 Å². The SMILES string of the molecule is c1ccc(-c2ccc(N(c3cc(-c4ccc5ccccc5c4)ccc3-c3ccccc3)c3cccc4oc5ccccc5c34)cc2)cc1. The van der Waals surface area contributed by atoms with E-state index in [0.29, 0.717) is 0 Å². The number of rotatable bonds is 6. The molecule has 48 heavy (non-hydrogen) atoms. The van der Waals surface area contributed by atoms with E-state index in [2.05, 4.69) is 181 Å². The minimum absolute atomic E-state index is 0.867. The second-order valence-electron chi connectivity index (χ2n) is 12.2. The lowest BCUT2D eigenvalue weighted by Gasteiger charge is -2.29. The molecule has 2 heteroatoms. The Morgan fingerprint density at radius 2 is 0.958 bits per heavy atom. The summed E-state index contributed by atoms with van der Waals surface area (Å²) in [4.78, 5) is 2.41. The van der Waals surface area contributed by atoms with Crippen molar-refractivity contribution in [2.75, 3.05) is 4.90 Å². The lowest BCUT2D eigenvalue weighted by atomic mass is 9.95. The summed E-state index contributed by atoms with van der Waals surface area (Å²) in [5.74, 6) is 0. The molecule has 0 saturated heterocycles. The van der Waals surface area contributed by atoms with Gasteiger partial charge in [0.05, 0.1) is 16.8 Å². The largest absolute Gasteiger partial charge is 0.456 e. The van der Waals surface area contributed by atoms with Crippen LogP contribution in [0.3, 0.4) is 0 Å². The van der Waals surface area contributed by atoms with Crippen molar-refractivity contribution in [3.8, 4) is 33.4 Å². The quantitative estimate of drug-likeness (QED) is 0.185. The highest BCUT2D eigenvalue weighted by atomic mass is 16.3. The van der Waals surface area contributed by atoms with Gasteiger partial charge in [-0.1, -0.05) is 146 Å². The fraction of sp³-hybridized carbons (Fsp3) is 0. The molecule has 1 aromatic heterocycles. The van der Waals surface area contributed by atoms with Crippen LogP contribution in [0, 0.1) is 0 Å². The molecule has 0 aliphatic carbocycles. The molecule has 9 rings (SSSR count). The van der Waals surface area contributed by atoms with Gasteiger partial charge in [0.1, 0.15) is 11.2 Å². The molecule has 226 valence electrons. The Labute approximate surface area is 279 Å². The predicted molar refractivity (Wildman–Crippen MR) is 202 cm³/mol. The third kappa shape index (κ3) is 4.92. The van der Waals surface area contributed by atoms with Crippen LogP contribution >= 0.6 is 0 Å². The number of para-hydroxylation sites is 1. The molecule has 0 aliphatic heterocycles. The highest BCUT2D eigenvalue weighted by molar-refractivity contribution is 6.14. The van der Waals surface area contributed by atoms with Crippen LogP contribution < -0.4 is 4.90 Å². The van der Waals surface area contributed by atoms with Gasteiger partial charge < -0.3 is 9.32 Å². The Balaban J connectivity index is 1.32. The van der Waals surface area contributed by atoms with Gasteiger partial charge in [0, 0.05) is 16.6 Å². The number of hydrogen-bond acceptors (Lipinski definition) is 2. The average Bonchev–Trinajstić information content (AvgIpc) is 3.55. The number of benzene rings is 8. The van der Waals surface area contributed by atoms with Crippen LogP contribution in [-0.2, 0) is 0 Å². The van der Waals surface area contributed by atoms with Crippen LogP contribution in [0.2, 0.25) is 0 Å². The summed E-state index contributed by atoms with van der Waals surface area (Å²) in [6.45, 7) is 0. The molecule has 8 aromatic carbocycles. The van der Waals surface area contributed by atoms with E-state index < -0.39 is 0 Å². The Bertz CT molecular complexity index is 2550. The van der Waals surface area contributed by atoms with Gasteiger partial charge in [0.15, 0.2) is 0 Å². The molecule has 0 radical (unpaired) electrons. The zero-order valence-electron chi connectivity index (χ0n) is 26.3. The summed E-state index contributed by atoms with van der Waals surface area (Å²) < 4.78 is 6.41. The van der Waals surface area contributed by atoms with Gasteiger partial charge >= 0.3 is 0 Å². The molecule has 0 unspecified atom stereocenters. The number of furan rings is 1. The highest BCUT2D eigenvalue weighted by Gasteiger charge is 2.23. The van der Waals surface area contributed by atoms with E-state index in [9.17, 15) is 0 Å². The van der Waals surface area contributed by atoms with E-state index in [-0.39, 0.29) is 0 Å². The fourth-order valence-electron chi connectivity index (χ4n) is 6.91. The van der Waals surface area contributed by atoms with Gasteiger partial charge in [-0.25, -0.2) is 0 Å². The van der Waals surface area contributed by atoms with Crippen LogP contribution in [0.5, 0.6) is 0 Å². The van der Waals surface area contributed by atoms with E-state index in [4.69, 9.17) is 4.42 Å². The Morgan fingerprint density at radius 1 is 0.354 bits per heavy atom. The van der Waals surface area contributed by atoms with Crippen LogP contribution in [0.25, 0.3) is 66.1 Å². The van der Waals surface area contributed by atoms with Crippen molar-refractivity contribution in [1.29, 1.82) is 0 Å². The lowest BCUT2D eigenvalue weighted by molar-refractivity contribution is 0.669. The van der Waals surface area contributed by atoms with E-state index in [1.807, 2.05) is 12.1 Å². The molecule has 0 amide bonds. The first-order valence-corrected chi connectivity index (χ1v) is 16.3. The van der Waals surface area contributed by atoms with Crippen molar-refractivity contribution < 1.29 is 4.42 Å². The fourth-order valence-corrected chi connectivity index (χ4v) is 6.91. The molecule has 2 nitrogen and oxygen atoms in total. The highest BCUT2D eigenvalue weighted by Crippen LogP contribution is 2.47. The zero-order valence-corrected chi connectivity index (χ0v) is 26.3. The molecule has 0 N–H and O–H groups in total. The van der Waals surface area contributed by atoms with Crippen molar-refractivity contribution in [2.45, 2.75) is 0 Å². The van der Waals surface area contributed by atoms with Gasteiger partial charge in [-0.15, -0.1) is 0 Å². The second-order valence-corrected chi connectivity index (χ2v) is 12.2. The second kappa shape index (κ2) is 11.8. The van der Waals surface area contributed by atoms with Gasteiger partial charge in [-0.2, -0.15) is 0 Å². The molecule has 9 aromatic rings. The number of nitrogens with zero attached hydrogens (tertiary/aromatic N) is 1. The molecule has 0 spiro atoms. The minimum atomic E-state index is 0.867. The molecule has 0 aliphatic rings. The smallest absolute Gasteiger partial charge is 0.137 e. The first kappa shape index (κ1) is 27.9. The molecular formula is C46H31NO. The van der Waals surface area contributed by atoms with Crippen LogP contribution in [-0.4, -0.2) is 0 Å². The van der Waals surface area contributed by atoms with Crippen LogP contribution in [0.15, 0.2) is 192 Å². The van der Waals surface area contributed by atoms with Gasteiger partial charge in [0.2, 0.25) is 0 Å². The molecule has 0 atom stereocenters. The van der Waals surface area contributed by atoms with E-state index in [1.165, 1.54) is 27.5 Å². The summed E-state index contributed by atoms with van der Waals surface area (Å²) in [6, 6.07) is 67.0. The monoisotopic (exact) mass is 613 g/mol. The van der Waals surface area contributed by atoms with Crippen molar-refractivity contribution >= 4 is 49.8 Å². The molecule has 1 heterocycles. The summed E-state index contributed by atoms with van der Waals surface area (Å²) in [6.07, 6.45) is 0. The Morgan fingerprint density at radius 3 is 1.77 bits per heavy atom. The third-order valence-corrected chi connectivity index (χ3v) is 9.26. The van der Waals surface area contributed by atoms with Crippen molar-refractivity contribution in [3.05, 3.63) is 188 Å². The van der Waals surface area contributed by atoms with Crippen molar-refractivity contribution in [3.63, 3.8) is 0 Å².